The topological polar surface area (TPSA) is 180 Å². The Hall–Kier alpha value is -4.41. The van der Waals surface area contributed by atoms with Crippen LogP contribution in [0, 0.1) is 0 Å². The molecule has 70 heavy (non-hydrogen) atoms. The van der Waals surface area contributed by atoms with Gasteiger partial charge in [-0.3, -0.25) is 12.6 Å². The van der Waals surface area contributed by atoms with Crippen LogP contribution in [0.1, 0.15) is 152 Å². The lowest BCUT2D eigenvalue weighted by atomic mass is 9.70. The molecular weight excluding hydrogens is 949 g/mol. The Bertz CT molecular complexity index is 2240. The first-order chi connectivity index (χ1) is 33.1. The summed E-state index contributed by atoms with van der Waals surface area (Å²) >= 11 is 0. The summed E-state index contributed by atoms with van der Waals surface area (Å²) in [5.41, 5.74) is 4.22. The molecule has 1 aliphatic carbocycles. The number of hydrogen-bond donors (Lipinski definition) is 2. The number of fused-ring (bicyclic) bond motifs is 1. The van der Waals surface area contributed by atoms with Gasteiger partial charge in [-0.25, -0.2) is 19.2 Å². The van der Waals surface area contributed by atoms with Gasteiger partial charge in [-0.1, -0.05) is 75.1 Å². The molecule has 0 bridgehead atoms. The van der Waals surface area contributed by atoms with Gasteiger partial charge in [0.25, 0.3) is 0 Å². The third kappa shape index (κ3) is 21.5. The van der Waals surface area contributed by atoms with Crippen LogP contribution in [0.3, 0.4) is 0 Å². The van der Waals surface area contributed by atoms with Crippen LogP contribution in [0.5, 0.6) is 11.5 Å². The Morgan fingerprint density at radius 3 is 1.69 bits per heavy atom. The number of unbranched alkanes of at least 4 members (excludes halogenated alkanes) is 4. The molecule has 2 N–H and O–H groups in total. The third-order valence-electron chi connectivity index (χ3n) is 11.9. The number of alkyl carbamates (subject to hydrolysis) is 2. The summed E-state index contributed by atoms with van der Waals surface area (Å²) in [6, 6.07) is 19.8. The number of benzene rings is 3. The van der Waals surface area contributed by atoms with E-state index in [0.717, 1.165) is 73.8 Å². The second-order valence-electron chi connectivity index (χ2n) is 20.3. The van der Waals surface area contributed by atoms with Crippen molar-refractivity contribution < 1.29 is 50.8 Å². The zero-order chi connectivity index (χ0) is 51.4. The molecule has 0 aliphatic heterocycles. The average Bonchev–Trinajstić information content (AvgIpc) is 3.27. The summed E-state index contributed by atoms with van der Waals surface area (Å²) in [5.74, 6) is 1.40. The minimum absolute atomic E-state index is 0.113. The first-order valence-electron chi connectivity index (χ1n) is 24.8. The summed E-state index contributed by atoms with van der Waals surface area (Å²) in [7, 11) is -3.19. The number of nitrogens with one attached hydrogen (secondary N) is 2. The van der Waals surface area contributed by atoms with Gasteiger partial charge in [-0.05, 0) is 163 Å². The van der Waals surface area contributed by atoms with Gasteiger partial charge in [0.1, 0.15) is 34.8 Å². The highest BCUT2D eigenvalue weighted by atomic mass is 32.2. The predicted molar refractivity (Wildman–Crippen MR) is 281 cm³/mol. The molecule has 0 saturated carbocycles. The predicted octanol–water partition coefficient (Wildman–Crippen LogP) is 9.92. The van der Waals surface area contributed by atoms with Gasteiger partial charge in [-0.2, -0.15) is 0 Å². The molecule has 0 radical (unpaired) electrons. The zero-order valence-corrected chi connectivity index (χ0v) is 45.3. The minimum Gasteiger partial charge on any atom is -0.444 e. The van der Waals surface area contributed by atoms with Crippen LogP contribution in [0.2, 0.25) is 0 Å². The van der Waals surface area contributed by atoms with Gasteiger partial charge in [-0.15, -0.1) is 0 Å². The molecule has 0 fully saturated rings. The van der Waals surface area contributed by atoms with E-state index in [2.05, 4.69) is 41.8 Å². The SMILES string of the molecule is CCCCCCS(=O)CCc1ccc(CCCCC2c3ccc(OC(=O)[C@H](CCS(C)=O)NC(=O)OC(C)(C)C)cc3CCC2c2ccc(OC(=O)[C@H](CCS(C)=O)NC(=O)OC(C)(C)C)cc2)cc1. The van der Waals surface area contributed by atoms with Gasteiger partial charge < -0.3 is 29.6 Å². The van der Waals surface area contributed by atoms with Crippen molar-refractivity contribution in [3.63, 3.8) is 0 Å². The first kappa shape index (κ1) is 58.2. The normalized spacial score (nSPS) is 16.9. The van der Waals surface area contributed by atoms with Crippen LogP contribution >= 0.6 is 0 Å². The number of carbonyl (C=O) groups is 4. The molecule has 16 heteroatoms. The van der Waals surface area contributed by atoms with Crippen molar-refractivity contribution in [2.75, 3.05) is 35.5 Å². The zero-order valence-electron chi connectivity index (χ0n) is 42.9. The van der Waals surface area contributed by atoms with E-state index in [4.69, 9.17) is 18.9 Å². The summed E-state index contributed by atoms with van der Waals surface area (Å²) in [5, 5.41) is 5.19. The number of carbonyl (C=O) groups excluding carboxylic acids is 4. The van der Waals surface area contributed by atoms with E-state index in [-0.39, 0.29) is 36.2 Å². The number of aryl methyl sites for hydroxylation is 3. The maximum atomic E-state index is 13.5. The highest BCUT2D eigenvalue weighted by Crippen LogP contribution is 2.46. The molecule has 0 spiro atoms. The fraction of sp³-hybridized carbons (Fsp3) is 0.593. The van der Waals surface area contributed by atoms with E-state index in [1.54, 1.807) is 59.7 Å². The fourth-order valence-electron chi connectivity index (χ4n) is 8.42. The average molecular weight is 1030 g/mol. The molecule has 1 aliphatic rings. The summed E-state index contributed by atoms with van der Waals surface area (Å²) in [4.78, 5) is 52.2. The first-order valence-corrected chi connectivity index (χ1v) is 29.7. The lowest BCUT2D eigenvalue weighted by molar-refractivity contribution is -0.137. The Morgan fingerprint density at radius 1 is 0.629 bits per heavy atom. The van der Waals surface area contributed by atoms with Crippen LogP contribution in [0.25, 0.3) is 0 Å². The molecular formula is C54H78N2O11S3. The van der Waals surface area contributed by atoms with Gasteiger partial charge in [0, 0.05) is 67.9 Å². The summed E-state index contributed by atoms with van der Waals surface area (Å²) in [6.45, 7) is 12.5. The number of rotatable bonds is 26. The molecule has 3 aromatic carbocycles. The van der Waals surface area contributed by atoms with E-state index >= 15 is 0 Å². The molecule has 5 unspecified atom stereocenters. The number of hydrogen-bond acceptors (Lipinski definition) is 11. The number of ether oxygens (including phenoxy) is 4. The van der Waals surface area contributed by atoms with Gasteiger partial charge in [0.05, 0.1) is 0 Å². The molecule has 4 rings (SSSR count). The van der Waals surface area contributed by atoms with Crippen molar-refractivity contribution in [2.24, 2.45) is 0 Å². The van der Waals surface area contributed by atoms with Gasteiger partial charge >= 0.3 is 24.1 Å². The molecule has 0 aromatic heterocycles. The highest BCUT2D eigenvalue weighted by Gasteiger charge is 2.33. The van der Waals surface area contributed by atoms with Crippen molar-refractivity contribution in [2.45, 2.75) is 167 Å². The van der Waals surface area contributed by atoms with Crippen LogP contribution < -0.4 is 20.1 Å². The Labute approximate surface area is 424 Å². The number of amides is 2. The quantitative estimate of drug-likeness (QED) is 0.0444. The lowest BCUT2D eigenvalue weighted by Crippen LogP contribution is -2.45. The van der Waals surface area contributed by atoms with Crippen molar-refractivity contribution in [1.29, 1.82) is 0 Å². The summed E-state index contributed by atoms with van der Waals surface area (Å²) in [6.07, 6.45) is 12.4. The van der Waals surface area contributed by atoms with Crippen molar-refractivity contribution in [1.82, 2.24) is 10.6 Å². The second kappa shape index (κ2) is 28.6. The van der Waals surface area contributed by atoms with Gasteiger partial charge in [0.2, 0.25) is 0 Å². The maximum Gasteiger partial charge on any atom is 0.408 e. The third-order valence-corrected chi connectivity index (χ3v) is 14.9. The Kier molecular flexibility index (Phi) is 23.8. The van der Waals surface area contributed by atoms with E-state index in [9.17, 15) is 31.8 Å². The largest absolute Gasteiger partial charge is 0.444 e. The van der Waals surface area contributed by atoms with Crippen LogP contribution in [-0.2, 0) is 70.7 Å². The van der Waals surface area contributed by atoms with E-state index in [0.29, 0.717) is 23.7 Å². The molecule has 0 heterocycles. The standard InChI is InChI=1S/C54H78N2O11S3/c1-10-11-12-15-33-70(63)36-30-39-20-18-38(19-21-39)16-13-14-17-46-44(40-22-25-42(26-23-40)64-49(57)47(31-34-68(8)61)55-51(59)66-53(2,3)4)28-24-41-37-43(27-29-45(41)46)65-50(58)48(32-35-69(9)62)56-52(60)67-54(5,6)7/h18-23,25-27,29,37,44,46-48H,10-17,24,28,30-36H2,1-9H3,(H,55,59)(H,56,60)/t44?,46?,47-,48-,68?,69?,70?/m0/s1. The molecule has 2 amide bonds. The van der Waals surface area contributed by atoms with Crippen molar-refractivity contribution in [3.05, 3.63) is 94.5 Å². The Morgan fingerprint density at radius 2 is 1.16 bits per heavy atom. The molecule has 388 valence electrons. The number of esters is 2. The highest BCUT2D eigenvalue weighted by molar-refractivity contribution is 7.85. The monoisotopic (exact) mass is 1030 g/mol. The Balaban J connectivity index is 1.51. The van der Waals surface area contributed by atoms with Crippen LogP contribution in [0.15, 0.2) is 66.7 Å². The van der Waals surface area contributed by atoms with E-state index in [1.165, 1.54) is 36.5 Å². The van der Waals surface area contributed by atoms with Gasteiger partial charge in [0.15, 0.2) is 0 Å². The smallest absolute Gasteiger partial charge is 0.408 e. The second-order valence-corrected chi connectivity index (χ2v) is 25.1. The van der Waals surface area contributed by atoms with Crippen molar-refractivity contribution >= 4 is 56.5 Å². The molecule has 7 atom stereocenters. The maximum absolute atomic E-state index is 13.5. The van der Waals surface area contributed by atoms with Crippen LogP contribution in [-0.4, -0.2) is 95.6 Å². The van der Waals surface area contributed by atoms with E-state index < -0.39 is 79.8 Å². The van der Waals surface area contributed by atoms with Crippen LogP contribution in [0.4, 0.5) is 9.59 Å². The fourth-order valence-corrected chi connectivity index (χ4v) is 10.7. The molecule has 13 nitrogen and oxygen atoms in total. The van der Waals surface area contributed by atoms with E-state index in [1.807, 2.05) is 24.3 Å². The molecule has 3 aromatic rings. The van der Waals surface area contributed by atoms with Crippen molar-refractivity contribution in [3.8, 4) is 11.5 Å². The summed E-state index contributed by atoms with van der Waals surface area (Å²) < 4.78 is 58.8. The lowest BCUT2D eigenvalue weighted by Gasteiger charge is -2.35. The minimum atomic E-state index is -1.20. The molecule has 0 saturated heterocycles.